The largest absolute Gasteiger partial charge is 0.393 e. The average Bonchev–Trinajstić information content (AvgIpc) is 2.81. The summed E-state index contributed by atoms with van der Waals surface area (Å²) in [5.74, 6) is -5.22. The number of hydrogen-bond acceptors (Lipinski definition) is 3. The predicted molar refractivity (Wildman–Crippen MR) is 69.5 cm³/mol. The van der Waals surface area contributed by atoms with Crippen LogP contribution >= 0.6 is 0 Å². The fourth-order valence-electron chi connectivity index (χ4n) is 2.53. The molecule has 2 unspecified atom stereocenters. The Morgan fingerprint density at radius 3 is 2.48 bits per heavy atom. The molecule has 0 aromatic heterocycles. The number of nitrogens with zero attached hydrogens (tertiary/aromatic N) is 1. The highest BCUT2D eigenvalue weighted by Crippen LogP contribution is 2.28. The lowest BCUT2D eigenvalue weighted by molar-refractivity contribution is 0.123. The van der Waals surface area contributed by atoms with Crippen LogP contribution in [0.2, 0.25) is 0 Å². The van der Waals surface area contributed by atoms with E-state index in [1.165, 1.54) is 7.05 Å². The van der Waals surface area contributed by atoms with E-state index in [4.69, 9.17) is 0 Å². The van der Waals surface area contributed by atoms with Crippen LogP contribution in [0.4, 0.5) is 13.2 Å². The number of benzene rings is 1. The first-order valence-corrected chi connectivity index (χ1v) is 7.97. The van der Waals surface area contributed by atoms with E-state index in [0.717, 1.165) is 10.7 Å². The molecule has 1 aromatic rings. The Kier molecular flexibility index (Phi) is 4.60. The lowest BCUT2D eigenvalue weighted by Gasteiger charge is -2.23. The highest BCUT2D eigenvalue weighted by molar-refractivity contribution is 7.89. The van der Waals surface area contributed by atoms with Gasteiger partial charge >= 0.3 is 0 Å². The normalized spacial score (nSPS) is 23.0. The second-order valence-corrected chi connectivity index (χ2v) is 7.23. The molecule has 0 radical (unpaired) electrons. The topological polar surface area (TPSA) is 57.6 Å². The summed E-state index contributed by atoms with van der Waals surface area (Å²) in [4.78, 5) is -0.906. The van der Waals surface area contributed by atoms with E-state index in [-0.39, 0.29) is 12.5 Å². The number of sulfonamides is 1. The third-order valence-electron chi connectivity index (χ3n) is 3.80. The Hall–Kier alpha value is -1.12. The number of hydrogen-bond donors (Lipinski definition) is 1. The summed E-state index contributed by atoms with van der Waals surface area (Å²) in [6.07, 6.45) is 1.45. The first-order chi connectivity index (χ1) is 9.75. The van der Waals surface area contributed by atoms with Crippen LogP contribution in [-0.2, 0) is 10.0 Å². The quantitative estimate of drug-likeness (QED) is 0.861. The van der Waals surface area contributed by atoms with Crippen LogP contribution in [0.3, 0.4) is 0 Å². The summed E-state index contributed by atoms with van der Waals surface area (Å²) in [7, 11) is -3.06. The maximum absolute atomic E-state index is 13.6. The van der Waals surface area contributed by atoms with E-state index in [0.29, 0.717) is 25.0 Å². The molecular weight excluding hydrogens is 307 g/mol. The highest BCUT2D eigenvalue weighted by atomic mass is 32.2. The fourth-order valence-corrected chi connectivity index (χ4v) is 3.81. The summed E-state index contributed by atoms with van der Waals surface area (Å²) in [5.41, 5.74) is 0. The summed E-state index contributed by atoms with van der Waals surface area (Å²) in [6.45, 7) is 0.00192. The molecule has 0 heterocycles. The van der Waals surface area contributed by atoms with Crippen molar-refractivity contribution in [2.24, 2.45) is 5.92 Å². The van der Waals surface area contributed by atoms with Crippen molar-refractivity contribution in [3.05, 3.63) is 29.6 Å². The molecule has 1 fully saturated rings. The molecule has 2 rings (SSSR count). The molecule has 2 atom stereocenters. The van der Waals surface area contributed by atoms with Gasteiger partial charge in [-0.15, -0.1) is 0 Å². The molecule has 0 spiro atoms. The molecule has 0 saturated heterocycles. The zero-order valence-electron chi connectivity index (χ0n) is 11.4. The van der Waals surface area contributed by atoms with Gasteiger partial charge in [-0.3, -0.25) is 0 Å². The Morgan fingerprint density at radius 2 is 1.90 bits per heavy atom. The fraction of sp³-hybridized carbons (Fsp3) is 0.538. The van der Waals surface area contributed by atoms with Crippen molar-refractivity contribution in [3.8, 4) is 0 Å². The predicted octanol–water partition coefficient (Wildman–Crippen LogP) is 1.89. The summed E-state index contributed by atoms with van der Waals surface area (Å²) in [5, 5.41) is 9.70. The first kappa shape index (κ1) is 16.3. The van der Waals surface area contributed by atoms with Gasteiger partial charge in [0, 0.05) is 13.6 Å². The van der Waals surface area contributed by atoms with Crippen LogP contribution in [0, 0.1) is 23.4 Å². The van der Waals surface area contributed by atoms with Crippen LogP contribution in [0.1, 0.15) is 19.3 Å². The molecule has 118 valence electrons. The zero-order valence-corrected chi connectivity index (χ0v) is 12.2. The minimum atomic E-state index is -4.28. The third-order valence-corrected chi connectivity index (χ3v) is 5.64. The van der Waals surface area contributed by atoms with E-state index in [1.54, 1.807) is 0 Å². The second kappa shape index (κ2) is 5.94. The number of halogens is 3. The average molecular weight is 323 g/mol. The standard InChI is InChI=1S/C13H16F3NO3S/c1-17(7-8-3-2-4-10(8)18)21(19,20)11-6-5-9(14)12(15)13(11)16/h5-6,8,10,18H,2-4,7H2,1H3. The minimum absolute atomic E-state index is 0.00192. The van der Waals surface area contributed by atoms with Gasteiger partial charge in [-0.1, -0.05) is 6.42 Å². The van der Waals surface area contributed by atoms with Gasteiger partial charge in [0.15, 0.2) is 17.5 Å². The minimum Gasteiger partial charge on any atom is -0.393 e. The van der Waals surface area contributed by atoms with E-state index < -0.39 is 38.5 Å². The lowest BCUT2D eigenvalue weighted by atomic mass is 10.1. The highest BCUT2D eigenvalue weighted by Gasteiger charge is 2.32. The first-order valence-electron chi connectivity index (χ1n) is 6.53. The van der Waals surface area contributed by atoms with E-state index in [2.05, 4.69) is 0 Å². The van der Waals surface area contributed by atoms with Gasteiger partial charge in [0.25, 0.3) is 0 Å². The Labute approximate surface area is 121 Å². The molecule has 1 saturated carbocycles. The molecule has 1 aliphatic carbocycles. The maximum atomic E-state index is 13.6. The third kappa shape index (κ3) is 3.07. The molecule has 1 aromatic carbocycles. The molecule has 8 heteroatoms. The monoisotopic (exact) mass is 323 g/mol. The second-order valence-electron chi connectivity index (χ2n) is 5.22. The van der Waals surface area contributed by atoms with Gasteiger partial charge < -0.3 is 5.11 Å². The van der Waals surface area contributed by atoms with Crippen LogP contribution in [0.25, 0.3) is 0 Å². The zero-order chi connectivity index (χ0) is 15.8. The van der Waals surface area contributed by atoms with Gasteiger partial charge in [0.1, 0.15) is 4.90 Å². The van der Waals surface area contributed by atoms with Crippen molar-refractivity contribution in [2.75, 3.05) is 13.6 Å². The van der Waals surface area contributed by atoms with Gasteiger partial charge in [0.05, 0.1) is 6.10 Å². The van der Waals surface area contributed by atoms with Crippen molar-refractivity contribution >= 4 is 10.0 Å². The van der Waals surface area contributed by atoms with Crippen LogP contribution in [0.15, 0.2) is 17.0 Å². The number of aliphatic hydroxyl groups excluding tert-OH is 1. The van der Waals surface area contributed by atoms with Crippen molar-refractivity contribution < 1.29 is 26.7 Å². The van der Waals surface area contributed by atoms with Crippen molar-refractivity contribution in [2.45, 2.75) is 30.3 Å². The Bertz CT molecular complexity index is 636. The summed E-state index contributed by atoms with van der Waals surface area (Å²) in [6, 6.07) is 1.27. The van der Waals surface area contributed by atoms with E-state index in [1.807, 2.05) is 0 Å². The van der Waals surface area contributed by atoms with Crippen LogP contribution in [-0.4, -0.2) is 37.5 Å². The van der Waals surface area contributed by atoms with Gasteiger partial charge in [0.2, 0.25) is 10.0 Å². The van der Waals surface area contributed by atoms with Crippen LogP contribution in [0.5, 0.6) is 0 Å². The van der Waals surface area contributed by atoms with Gasteiger partial charge in [-0.05, 0) is 30.9 Å². The molecule has 0 amide bonds. The van der Waals surface area contributed by atoms with Crippen LogP contribution < -0.4 is 0 Å². The van der Waals surface area contributed by atoms with Crippen molar-refractivity contribution in [1.82, 2.24) is 4.31 Å². The van der Waals surface area contributed by atoms with Gasteiger partial charge in [-0.2, -0.15) is 0 Å². The van der Waals surface area contributed by atoms with Crippen molar-refractivity contribution in [3.63, 3.8) is 0 Å². The molecule has 0 bridgehead atoms. The van der Waals surface area contributed by atoms with Gasteiger partial charge in [-0.25, -0.2) is 25.9 Å². The smallest absolute Gasteiger partial charge is 0.245 e. The molecule has 4 nitrogen and oxygen atoms in total. The number of aliphatic hydroxyl groups is 1. The van der Waals surface area contributed by atoms with Crippen molar-refractivity contribution in [1.29, 1.82) is 0 Å². The van der Waals surface area contributed by atoms with E-state index in [9.17, 15) is 26.7 Å². The molecule has 1 aliphatic rings. The maximum Gasteiger partial charge on any atom is 0.245 e. The Morgan fingerprint density at radius 1 is 1.24 bits per heavy atom. The summed E-state index contributed by atoms with van der Waals surface area (Å²) < 4.78 is 65.0. The Balaban J connectivity index is 2.27. The molecule has 1 N–H and O–H groups in total. The summed E-state index contributed by atoms with van der Waals surface area (Å²) >= 11 is 0. The molecule has 0 aliphatic heterocycles. The number of rotatable bonds is 4. The SMILES string of the molecule is CN(CC1CCCC1O)S(=O)(=O)c1ccc(F)c(F)c1F. The molecule has 21 heavy (non-hydrogen) atoms. The molecular formula is C13H16F3NO3S. The van der Waals surface area contributed by atoms with E-state index >= 15 is 0 Å². The lowest BCUT2D eigenvalue weighted by Crippen LogP contribution is -2.35.